The molecule has 0 saturated heterocycles. The Morgan fingerprint density at radius 3 is 2.32 bits per heavy atom. The second-order valence-corrected chi connectivity index (χ2v) is 8.05. The van der Waals surface area contributed by atoms with Gasteiger partial charge in [-0.1, -0.05) is 30.3 Å². The zero-order valence-electron chi connectivity index (χ0n) is 17.2. The monoisotopic (exact) mass is 429 g/mol. The van der Waals surface area contributed by atoms with E-state index in [1.807, 2.05) is 71.4 Å². The minimum atomic E-state index is -0.406. The summed E-state index contributed by atoms with van der Waals surface area (Å²) in [4.78, 5) is 11.2. The Kier molecular flexibility index (Phi) is 6.38. The van der Waals surface area contributed by atoms with Gasteiger partial charge in [0, 0.05) is 34.4 Å². The molecule has 4 aromatic rings. The molecule has 3 aromatic carbocycles. The van der Waals surface area contributed by atoms with Gasteiger partial charge in [-0.05, 0) is 54.1 Å². The number of nitrogens with two attached hydrogens (primary N) is 1. The quantitative estimate of drug-likeness (QED) is 0.424. The summed E-state index contributed by atoms with van der Waals surface area (Å²) in [6.45, 7) is 0. The molecule has 1 aromatic heterocycles. The second-order valence-electron chi connectivity index (χ2n) is 7.07. The Morgan fingerprint density at radius 2 is 1.68 bits per heavy atom. The summed E-state index contributed by atoms with van der Waals surface area (Å²) in [5.41, 5.74) is 11.2. The van der Waals surface area contributed by atoms with Gasteiger partial charge in [0.1, 0.15) is 5.75 Å². The molecule has 0 unspecified atom stereocenters. The lowest BCUT2D eigenvalue weighted by atomic mass is 10.1. The number of carbonyl (C=O) groups excluding carboxylic acids is 1. The van der Waals surface area contributed by atoms with Crippen LogP contribution in [0.25, 0.3) is 16.9 Å². The molecule has 6 heteroatoms. The van der Waals surface area contributed by atoms with Crippen LogP contribution >= 0.6 is 11.8 Å². The van der Waals surface area contributed by atoms with Crippen LogP contribution in [0.5, 0.6) is 5.75 Å². The average molecular weight is 430 g/mol. The van der Waals surface area contributed by atoms with Crippen LogP contribution < -0.4 is 10.5 Å². The number of amides is 1. The summed E-state index contributed by atoms with van der Waals surface area (Å²) < 4.78 is 7.22. The average Bonchev–Trinajstić information content (AvgIpc) is 3.24. The fraction of sp³-hybridized carbons (Fsp3) is 0.120. The highest BCUT2D eigenvalue weighted by atomic mass is 32.2. The summed E-state index contributed by atoms with van der Waals surface area (Å²) in [6.07, 6.45) is 2.10. The predicted molar refractivity (Wildman–Crippen MR) is 126 cm³/mol. The van der Waals surface area contributed by atoms with Crippen molar-refractivity contribution in [2.24, 2.45) is 5.73 Å². The highest BCUT2D eigenvalue weighted by molar-refractivity contribution is 7.97. The van der Waals surface area contributed by atoms with E-state index in [0.717, 1.165) is 45.3 Å². The minimum absolute atomic E-state index is 0.406. The molecular weight excluding hydrogens is 406 g/mol. The lowest BCUT2D eigenvalue weighted by molar-refractivity contribution is 0.100. The number of hydrogen-bond acceptors (Lipinski definition) is 4. The zero-order chi connectivity index (χ0) is 21.6. The number of rotatable bonds is 8. The van der Waals surface area contributed by atoms with Gasteiger partial charge in [-0.15, -0.1) is 0 Å². The van der Waals surface area contributed by atoms with E-state index in [-0.39, 0.29) is 0 Å². The maximum Gasteiger partial charge on any atom is 0.248 e. The molecule has 0 aliphatic heterocycles. The van der Waals surface area contributed by atoms with E-state index in [2.05, 4.69) is 6.20 Å². The molecule has 0 fully saturated rings. The molecule has 0 spiro atoms. The lowest BCUT2D eigenvalue weighted by Crippen LogP contribution is -2.10. The Balaban J connectivity index is 1.55. The molecule has 1 heterocycles. The maximum atomic E-state index is 11.2. The van der Waals surface area contributed by atoms with E-state index in [9.17, 15) is 4.79 Å². The molecule has 0 saturated carbocycles. The summed E-state index contributed by atoms with van der Waals surface area (Å²) in [5.74, 6) is 2.06. The molecule has 0 atom stereocenters. The van der Waals surface area contributed by atoms with Crippen molar-refractivity contribution in [2.75, 3.05) is 7.11 Å². The Hall–Kier alpha value is -3.51. The SMILES string of the molecule is COc1ccc(-c2nn(-c3ccccc3)cc2CSCc2ccc(C(N)=O)cc2)cc1. The zero-order valence-corrected chi connectivity index (χ0v) is 18.0. The Morgan fingerprint density at radius 1 is 0.968 bits per heavy atom. The Bertz CT molecular complexity index is 1150. The molecule has 4 rings (SSSR count). The number of ether oxygens (including phenoxy) is 1. The highest BCUT2D eigenvalue weighted by Gasteiger charge is 2.13. The van der Waals surface area contributed by atoms with Crippen LogP contribution in [0.15, 0.2) is 85.1 Å². The van der Waals surface area contributed by atoms with Crippen LogP contribution in [-0.2, 0) is 11.5 Å². The number of carbonyl (C=O) groups is 1. The van der Waals surface area contributed by atoms with Gasteiger partial charge in [-0.25, -0.2) is 4.68 Å². The first-order valence-corrected chi connectivity index (χ1v) is 11.0. The first kappa shape index (κ1) is 20.8. The van der Waals surface area contributed by atoms with E-state index in [4.69, 9.17) is 15.6 Å². The van der Waals surface area contributed by atoms with E-state index in [1.165, 1.54) is 0 Å². The van der Waals surface area contributed by atoms with Crippen LogP contribution in [0.2, 0.25) is 0 Å². The third-order valence-electron chi connectivity index (χ3n) is 4.94. The van der Waals surface area contributed by atoms with Crippen LogP contribution in [0.1, 0.15) is 21.5 Å². The lowest BCUT2D eigenvalue weighted by Gasteiger charge is -2.05. The molecular formula is C25H23N3O2S. The minimum Gasteiger partial charge on any atom is -0.497 e. The van der Waals surface area contributed by atoms with Crippen molar-refractivity contribution in [3.05, 3.63) is 102 Å². The summed E-state index contributed by atoms with van der Waals surface area (Å²) in [6, 6.07) is 25.5. The summed E-state index contributed by atoms with van der Waals surface area (Å²) in [7, 11) is 1.66. The van der Waals surface area contributed by atoms with Crippen molar-refractivity contribution in [3.63, 3.8) is 0 Å². The highest BCUT2D eigenvalue weighted by Crippen LogP contribution is 2.29. The van der Waals surface area contributed by atoms with E-state index >= 15 is 0 Å². The van der Waals surface area contributed by atoms with Gasteiger partial charge >= 0.3 is 0 Å². The number of methoxy groups -OCH3 is 1. The molecule has 1 amide bonds. The number of nitrogens with zero attached hydrogens (tertiary/aromatic N) is 2. The van der Waals surface area contributed by atoms with Crippen molar-refractivity contribution >= 4 is 17.7 Å². The standard InChI is InChI=1S/C25H23N3O2S/c1-30-23-13-11-19(12-14-23)24-21(15-28(27-24)22-5-3-2-4-6-22)17-31-16-18-7-9-20(10-8-18)25(26)29/h2-15H,16-17H2,1H3,(H2,26,29). The van der Waals surface area contributed by atoms with E-state index in [0.29, 0.717) is 5.56 Å². The fourth-order valence-electron chi connectivity index (χ4n) is 3.26. The number of aromatic nitrogens is 2. The van der Waals surface area contributed by atoms with Gasteiger partial charge in [-0.3, -0.25) is 4.79 Å². The van der Waals surface area contributed by atoms with Crippen LogP contribution in [0.4, 0.5) is 0 Å². The van der Waals surface area contributed by atoms with Gasteiger partial charge in [-0.2, -0.15) is 16.9 Å². The number of hydrogen-bond donors (Lipinski definition) is 1. The van der Waals surface area contributed by atoms with Crippen LogP contribution in [-0.4, -0.2) is 22.8 Å². The van der Waals surface area contributed by atoms with Crippen molar-refractivity contribution in [3.8, 4) is 22.7 Å². The largest absolute Gasteiger partial charge is 0.497 e. The third-order valence-corrected chi connectivity index (χ3v) is 5.99. The van der Waals surface area contributed by atoms with Crippen molar-refractivity contribution < 1.29 is 9.53 Å². The molecule has 2 N–H and O–H groups in total. The van der Waals surface area contributed by atoms with Crippen LogP contribution in [0.3, 0.4) is 0 Å². The molecule has 156 valence electrons. The van der Waals surface area contributed by atoms with Gasteiger partial charge in [0.2, 0.25) is 5.91 Å². The maximum absolute atomic E-state index is 11.2. The van der Waals surface area contributed by atoms with Gasteiger partial charge in [0.05, 0.1) is 18.5 Å². The van der Waals surface area contributed by atoms with Crippen LogP contribution in [0, 0.1) is 0 Å². The molecule has 0 radical (unpaired) electrons. The normalized spacial score (nSPS) is 10.7. The van der Waals surface area contributed by atoms with Gasteiger partial charge in [0.15, 0.2) is 0 Å². The van der Waals surface area contributed by atoms with Crippen molar-refractivity contribution in [2.45, 2.75) is 11.5 Å². The van der Waals surface area contributed by atoms with Crippen molar-refractivity contribution in [1.29, 1.82) is 0 Å². The number of primary amides is 1. The molecule has 0 bridgehead atoms. The van der Waals surface area contributed by atoms with Gasteiger partial charge < -0.3 is 10.5 Å². The topological polar surface area (TPSA) is 70.1 Å². The first-order valence-electron chi connectivity index (χ1n) is 9.89. The second kappa shape index (κ2) is 9.53. The van der Waals surface area contributed by atoms with E-state index < -0.39 is 5.91 Å². The first-order chi connectivity index (χ1) is 15.1. The number of para-hydroxylation sites is 1. The molecule has 31 heavy (non-hydrogen) atoms. The molecule has 0 aliphatic rings. The number of thioether (sulfide) groups is 1. The Labute approximate surface area is 185 Å². The summed E-state index contributed by atoms with van der Waals surface area (Å²) in [5, 5.41) is 4.87. The third kappa shape index (κ3) is 4.98. The smallest absolute Gasteiger partial charge is 0.248 e. The fourth-order valence-corrected chi connectivity index (χ4v) is 4.23. The van der Waals surface area contributed by atoms with E-state index in [1.54, 1.807) is 31.0 Å². The number of benzene rings is 3. The van der Waals surface area contributed by atoms with Crippen molar-refractivity contribution in [1.82, 2.24) is 9.78 Å². The molecule has 0 aliphatic carbocycles. The van der Waals surface area contributed by atoms with Gasteiger partial charge in [0.25, 0.3) is 0 Å². The predicted octanol–water partition coefficient (Wildman–Crippen LogP) is 5.08. The summed E-state index contributed by atoms with van der Waals surface area (Å²) >= 11 is 1.80. The molecule has 5 nitrogen and oxygen atoms in total.